The average Bonchev–Trinajstić information content (AvgIpc) is 2.34. The second kappa shape index (κ2) is 5.00. The second-order valence-electron chi connectivity index (χ2n) is 5.67. The Balaban J connectivity index is 2.48. The molecule has 2 N–H and O–H groups in total. The molecule has 0 atom stereocenters. The lowest BCUT2D eigenvalue weighted by Crippen LogP contribution is -2.34. The molecule has 0 fully saturated rings. The van der Waals surface area contributed by atoms with E-state index >= 15 is 0 Å². The SMILES string of the molecule is Cc1cccc(N)c1Oc1nccn(C(C)(C)C)c1=O. The first-order valence-corrected chi connectivity index (χ1v) is 6.42. The number of nitrogens with two attached hydrogens (primary N) is 1. The lowest BCUT2D eigenvalue weighted by atomic mass is 10.1. The Morgan fingerprint density at radius 3 is 2.60 bits per heavy atom. The molecule has 106 valence electrons. The predicted octanol–water partition coefficient (Wildman–Crippen LogP) is 2.68. The molecule has 0 aliphatic rings. The van der Waals surface area contributed by atoms with Crippen LogP contribution in [-0.4, -0.2) is 9.55 Å². The number of benzene rings is 1. The van der Waals surface area contributed by atoms with Crippen molar-refractivity contribution in [1.29, 1.82) is 0 Å². The highest BCUT2D eigenvalue weighted by atomic mass is 16.5. The van der Waals surface area contributed by atoms with Gasteiger partial charge in [0.15, 0.2) is 5.75 Å². The summed E-state index contributed by atoms with van der Waals surface area (Å²) < 4.78 is 7.22. The number of hydrogen-bond acceptors (Lipinski definition) is 4. The Hall–Kier alpha value is -2.30. The third-order valence-electron chi connectivity index (χ3n) is 2.97. The number of aromatic nitrogens is 2. The highest BCUT2D eigenvalue weighted by Gasteiger charge is 2.18. The number of anilines is 1. The normalized spacial score (nSPS) is 11.4. The van der Waals surface area contributed by atoms with Crippen LogP contribution in [0, 0.1) is 6.92 Å². The Bertz CT molecular complexity index is 664. The van der Waals surface area contributed by atoms with Crippen molar-refractivity contribution in [3.63, 3.8) is 0 Å². The molecule has 0 aliphatic heterocycles. The predicted molar refractivity (Wildman–Crippen MR) is 79.2 cm³/mol. The number of nitrogen functional groups attached to an aromatic ring is 1. The van der Waals surface area contributed by atoms with Gasteiger partial charge in [-0.3, -0.25) is 4.79 Å². The van der Waals surface area contributed by atoms with Crippen LogP contribution < -0.4 is 16.0 Å². The smallest absolute Gasteiger partial charge is 0.314 e. The lowest BCUT2D eigenvalue weighted by molar-refractivity contribution is 0.363. The lowest BCUT2D eigenvalue weighted by Gasteiger charge is -2.22. The Morgan fingerprint density at radius 2 is 2.00 bits per heavy atom. The van der Waals surface area contributed by atoms with Crippen LogP contribution >= 0.6 is 0 Å². The van der Waals surface area contributed by atoms with Crippen molar-refractivity contribution in [2.75, 3.05) is 5.73 Å². The third-order valence-corrected chi connectivity index (χ3v) is 2.97. The van der Waals surface area contributed by atoms with E-state index < -0.39 is 0 Å². The van der Waals surface area contributed by atoms with Gasteiger partial charge in [-0.15, -0.1) is 0 Å². The van der Waals surface area contributed by atoms with Crippen molar-refractivity contribution in [1.82, 2.24) is 9.55 Å². The molecule has 1 aromatic heterocycles. The molecule has 5 heteroatoms. The molecule has 0 spiro atoms. The number of rotatable bonds is 2. The first-order valence-electron chi connectivity index (χ1n) is 6.42. The second-order valence-corrected chi connectivity index (χ2v) is 5.67. The van der Waals surface area contributed by atoms with Gasteiger partial charge in [0.2, 0.25) is 0 Å². The summed E-state index contributed by atoms with van der Waals surface area (Å²) in [5.74, 6) is 0.507. The number of aryl methyl sites for hydroxylation is 1. The molecule has 20 heavy (non-hydrogen) atoms. The van der Waals surface area contributed by atoms with E-state index in [2.05, 4.69) is 4.98 Å². The van der Waals surface area contributed by atoms with Crippen molar-refractivity contribution >= 4 is 5.69 Å². The topological polar surface area (TPSA) is 70.1 Å². The molecular weight excluding hydrogens is 254 g/mol. The minimum absolute atomic E-state index is 0.0309. The third kappa shape index (κ3) is 2.66. The van der Waals surface area contributed by atoms with Crippen molar-refractivity contribution in [3.05, 3.63) is 46.5 Å². The van der Waals surface area contributed by atoms with Crippen LogP contribution in [-0.2, 0) is 5.54 Å². The largest absolute Gasteiger partial charge is 0.432 e. The van der Waals surface area contributed by atoms with Crippen LogP contribution in [0.25, 0.3) is 0 Å². The van der Waals surface area contributed by atoms with Crippen LogP contribution in [0.1, 0.15) is 26.3 Å². The molecule has 0 saturated heterocycles. The van der Waals surface area contributed by atoms with Gasteiger partial charge in [0.05, 0.1) is 5.69 Å². The molecule has 0 saturated carbocycles. The van der Waals surface area contributed by atoms with E-state index in [1.165, 1.54) is 0 Å². The summed E-state index contributed by atoms with van der Waals surface area (Å²) in [6.07, 6.45) is 3.20. The molecular formula is C15H19N3O2. The molecule has 2 rings (SSSR count). The maximum absolute atomic E-state index is 12.4. The van der Waals surface area contributed by atoms with E-state index in [0.717, 1.165) is 5.56 Å². The monoisotopic (exact) mass is 273 g/mol. The van der Waals surface area contributed by atoms with Gasteiger partial charge in [-0.25, -0.2) is 4.98 Å². The molecule has 5 nitrogen and oxygen atoms in total. The van der Waals surface area contributed by atoms with E-state index in [1.807, 2.05) is 39.8 Å². The van der Waals surface area contributed by atoms with Crippen molar-refractivity contribution in [2.45, 2.75) is 33.2 Å². The highest BCUT2D eigenvalue weighted by molar-refractivity contribution is 5.57. The summed E-state index contributed by atoms with van der Waals surface area (Å²) in [6.45, 7) is 7.71. The molecule has 1 heterocycles. The summed E-state index contributed by atoms with van der Waals surface area (Å²) in [5, 5.41) is 0. The minimum atomic E-state index is -0.338. The molecule has 0 radical (unpaired) electrons. The molecule has 1 aromatic carbocycles. The molecule has 0 unspecified atom stereocenters. The van der Waals surface area contributed by atoms with Gasteiger partial charge in [-0.2, -0.15) is 0 Å². The number of ether oxygens (including phenoxy) is 1. The summed E-state index contributed by atoms with van der Waals surface area (Å²) >= 11 is 0. The Labute approximate surface area is 118 Å². The summed E-state index contributed by atoms with van der Waals surface area (Å²) in [6, 6.07) is 5.44. The molecule has 0 bridgehead atoms. The van der Waals surface area contributed by atoms with Crippen LogP contribution in [0.2, 0.25) is 0 Å². The van der Waals surface area contributed by atoms with E-state index in [0.29, 0.717) is 11.4 Å². The van der Waals surface area contributed by atoms with Gasteiger partial charge in [-0.1, -0.05) is 12.1 Å². The fourth-order valence-corrected chi connectivity index (χ4v) is 1.90. The minimum Gasteiger partial charge on any atom is -0.432 e. The van der Waals surface area contributed by atoms with E-state index in [9.17, 15) is 4.79 Å². The highest BCUT2D eigenvalue weighted by Crippen LogP contribution is 2.28. The maximum Gasteiger partial charge on any atom is 0.314 e. The van der Waals surface area contributed by atoms with Gasteiger partial charge >= 0.3 is 5.56 Å². The van der Waals surface area contributed by atoms with Gasteiger partial charge < -0.3 is 15.0 Å². The van der Waals surface area contributed by atoms with Crippen LogP contribution in [0.5, 0.6) is 11.6 Å². The maximum atomic E-state index is 12.4. The quantitative estimate of drug-likeness (QED) is 0.854. The Kier molecular flexibility index (Phi) is 3.53. The Morgan fingerprint density at radius 1 is 1.30 bits per heavy atom. The number of para-hydroxylation sites is 1. The van der Waals surface area contributed by atoms with E-state index in [1.54, 1.807) is 23.0 Å². The van der Waals surface area contributed by atoms with Crippen LogP contribution in [0.3, 0.4) is 0 Å². The fourth-order valence-electron chi connectivity index (χ4n) is 1.90. The van der Waals surface area contributed by atoms with Crippen molar-refractivity contribution in [3.8, 4) is 11.6 Å². The summed E-state index contributed by atoms with van der Waals surface area (Å²) in [5.41, 5.74) is 6.61. The van der Waals surface area contributed by atoms with Gasteiger partial charge in [-0.05, 0) is 39.3 Å². The van der Waals surface area contributed by atoms with Crippen molar-refractivity contribution < 1.29 is 4.74 Å². The van der Waals surface area contributed by atoms with Gasteiger partial charge in [0.1, 0.15) is 0 Å². The van der Waals surface area contributed by atoms with Crippen LogP contribution in [0.4, 0.5) is 5.69 Å². The number of nitrogens with zero attached hydrogens (tertiary/aromatic N) is 2. The van der Waals surface area contributed by atoms with Crippen LogP contribution in [0.15, 0.2) is 35.4 Å². The molecule has 2 aromatic rings. The zero-order valence-corrected chi connectivity index (χ0v) is 12.2. The van der Waals surface area contributed by atoms with E-state index in [4.69, 9.17) is 10.5 Å². The summed E-state index contributed by atoms with van der Waals surface area (Å²) in [4.78, 5) is 16.4. The zero-order chi connectivity index (χ0) is 14.9. The molecule has 0 amide bonds. The number of hydrogen-bond donors (Lipinski definition) is 1. The van der Waals surface area contributed by atoms with Gasteiger partial charge in [0, 0.05) is 17.9 Å². The average molecular weight is 273 g/mol. The zero-order valence-electron chi connectivity index (χ0n) is 12.2. The van der Waals surface area contributed by atoms with Crippen molar-refractivity contribution in [2.24, 2.45) is 0 Å². The standard InChI is InChI=1S/C15H19N3O2/c1-10-6-5-7-11(16)12(10)20-13-14(19)18(9-8-17-13)15(2,3)4/h5-9H,16H2,1-4H3. The first-order chi connectivity index (χ1) is 9.30. The molecule has 0 aliphatic carbocycles. The van der Waals surface area contributed by atoms with Gasteiger partial charge in [0.25, 0.3) is 5.88 Å². The van der Waals surface area contributed by atoms with E-state index in [-0.39, 0.29) is 17.0 Å². The summed E-state index contributed by atoms with van der Waals surface area (Å²) in [7, 11) is 0. The fraction of sp³-hybridized carbons (Fsp3) is 0.333. The first kappa shape index (κ1) is 14.1.